The zero-order chi connectivity index (χ0) is 8.27. The average molecular weight is 172 g/mol. The summed E-state index contributed by atoms with van der Waals surface area (Å²) in [5.41, 5.74) is 0.281. The fourth-order valence-corrected chi connectivity index (χ4v) is 0.953. The quantitative estimate of drug-likeness (QED) is 0.627. The van der Waals surface area contributed by atoms with Crippen molar-refractivity contribution in [2.24, 2.45) is 0 Å². The molecule has 0 aliphatic heterocycles. The molecule has 0 aliphatic rings. The van der Waals surface area contributed by atoms with Gasteiger partial charge in [0.1, 0.15) is 0 Å². The van der Waals surface area contributed by atoms with Crippen molar-refractivity contribution < 1.29 is 9.53 Å². The average Bonchev–Trinajstić information content (AvgIpc) is 2.35. The van der Waals surface area contributed by atoms with Crippen molar-refractivity contribution in [2.45, 2.75) is 20.0 Å². The van der Waals surface area contributed by atoms with Crippen LogP contribution in [0.5, 0.6) is 0 Å². The zero-order valence-corrected chi connectivity index (χ0v) is 7.09. The van der Waals surface area contributed by atoms with Crippen molar-refractivity contribution >= 4 is 17.5 Å². The highest BCUT2D eigenvalue weighted by molar-refractivity contribution is 7.03. The molecule has 0 saturated carbocycles. The molecule has 0 saturated heterocycles. The summed E-state index contributed by atoms with van der Waals surface area (Å²) in [5, 5.41) is 5.12. The van der Waals surface area contributed by atoms with Gasteiger partial charge in [-0.15, -0.1) is 5.10 Å². The van der Waals surface area contributed by atoms with Crippen LogP contribution < -0.4 is 0 Å². The van der Waals surface area contributed by atoms with E-state index in [4.69, 9.17) is 4.74 Å². The molecule has 4 nitrogen and oxygen atoms in total. The topological polar surface area (TPSA) is 52.1 Å². The lowest BCUT2D eigenvalue weighted by atomic mass is 10.4. The number of rotatable bonds is 2. The van der Waals surface area contributed by atoms with Crippen molar-refractivity contribution in [2.75, 3.05) is 0 Å². The van der Waals surface area contributed by atoms with Crippen molar-refractivity contribution in [1.82, 2.24) is 9.59 Å². The first-order valence-electron chi connectivity index (χ1n) is 3.18. The smallest absolute Gasteiger partial charge is 0.360 e. The molecule has 1 aromatic rings. The second-order valence-corrected chi connectivity index (χ2v) is 2.85. The van der Waals surface area contributed by atoms with Crippen LogP contribution in [0.1, 0.15) is 24.3 Å². The van der Waals surface area contributed by atoms with Crippen LogP contribution in [0.3, 0.4) is 0 Å². The summed E-state index contributed by atoms with van der Waals surface area (Å²) >= 11 is 1.13. The van der Waals surface area contributed by atoms with E-state index in [0.29, 0.717) is 0 Å². The van der Waals surface area contributed by atoms with E-state index >= 15 is 0 Å². The lowest BCUT2D eigenvalue weighted by molar-refractivity contribution is 0.0371. The van der Waals surface area contributed by atoms with E-state index in [1.165, 1.54) is 0 Å². The molecule has 60 valence electrons. The second-order valence-electron chi connectivity index (χ2n) is 2.24. The molecular formula is C6H8N2O2S. The van der Waals surface area contributed by atoms with Gasteiger partial charge in [0.05, 0.1) is 6.10 Å². The summed E-state index contributed by atoms with van der Waals surface area (Å²) in [7, 11) is 0. The molecule has 0 fully saturated rings. The van der Waals surface area contributed by atoms with E-state index in [-0.39, 0.29) is 11.8 Å². The van der Waals surface area contributed by atoms with Gasteiger partial charge in [-0.05, 0) is 25.4 Å². The molecule has 0 atom stereocenters. The molecule has 0 radical (unpaired) electrons. The maximum atomic E-state index is 11.0. The molecule has 1 heterocycles. The molecule has 0 amide bonds. The van der Waals surface area contributed by atoms with Crippen molar-refractivity contribution in [3.63, 3.8) is 0 Å². The van der Waals surface area contributed by atoms with Crippen LogP contribution in [0.4, 0.5) is 0 Å². The van der Waals surface area contributed by atoms with E-state index in [0.717, 1.165) is 11.5 Å². The molecule has 0 bridgehead atoms. The Kier molecular flexibility index (Phi) is 2.53. The van der Waals surface area contributed by atoms with Gasteiger partial charge in [-0.25, -0.2) is 4.79 Å². The lowest BCUT2D eigenvalue weighted by Gasteiger charge is -2.04. The van der Waals surface area contributed by atoms with Crippen LogP contribution in [0.15, 0.2) is 5.38 Å². The van der Waals surface area contributed by atoms with Gasteiger partial charge in [0.15, 0.2) is 5.69 Å². The first-order valence-corrected chi connectivity index (χ1v) is 4.02. The zero-order valence-electron chi connectivity index (χ0n) is 6.27. The summed E-state index contributed by atoms with van der Waals surface area (Å²) in [6.45, 7) is 3.58. The summed E-state index contributed by atoms with van der Waals surface area (Å²) in [4.78, 5) is 11.0. The van der Waals surface area contributed by atoms with Crippen molar-refractivity contribution in [3.05, 3.63) is 11.1 Å². The van der Waals surface area contributed by atoms with Gasteiger partial charge in [0.25, 0.3) is 0 Å². The number of aromatic nitrogens is 2. The third-order valence-electron chi connectivity index (χ3n) is 0.912. The first kappa shape index (κ1) is 8.13. The summed E-state index contributed by atoms with van der Waals surface area (Å²) in [5.74, 6) is -0.409. The number of hydrogen-bond acceptors (Lipinski definition) is 5. The van der Waals surface area contributed by atoms with E-state index in [2.05, 4.69) is 9.59 Å². The number of esters is 1. The Morgan fingerprint density at radius 3 is 2.91 bits per heavy atom. The minimum Gasteiger partial charge on any atom is -0.458 e. The minimum atomic E-state index is -0.409. The Morgan fingerprint density at radius 2 is 2.45 bits per heavy atom. The molecule has 0 aliphatic carbocycles. The second kappa shape index (κ2) is 3.43. The maximum absolute atomic E-state index is 11.0. The van der Waals surface area contributed by atoms with Crippen LogP contribution >= 0.6 is 11.5 Å². The highest BCUT2D eigenvalue weighted by Gasteiger charge is 2.10. The fraction of sp³-hybridized carbons (Fsp3) is 0.500. The minimum absolute atomic E-state index is 0.107. The molecular weight excluding hydrogens is 164 g/mol. The van der Waals surface area contributed by atoms with Crippen LogP contribution in [-0.4, -0.2) is 21.7 Å². The first-order chi connectivity index (χ1) is 5.20. The maximum Gasteiger partial charge on any atom is 0.360 e. The third kappa shape index (κ3) is 2.27. The molecule has 1 aromatic heterocycles. The number of carbonyl (C=O) groups is 1. The summed E-state index contributed by atoms with van der Waals surface area (Å²) in [6.07, 6.45) is -0.107. The van der Waals surface area contributed by atoms with Gasteiger partial charge in [0, 0.05) is 5.38 Å². The summed E-state index contributed by atoms with van der Waals surface area (Å²) in [6, 6.07) is 0. The van der Waals surface area contributed by atoms with Crippen molar-refractivity contribution in [3.8, 4) is 0 Å². The van der Waals surface area contributed by atoms with Gasteiger partial charge in [-0.2, -0.15) is 0 Å². The Balaban J connectivity index is 2.57. The number of carbonyl (C=O) groups excluding carboxylic acids is 1. The molecule has 11 heavy (non-hydrogen) atoms. The van der Waals surface area contributed by atoms with Crippen LogP contribution in [0, 0.1) is 0 Å². The molecule has 0 aromatic carbocycles. The monoisotopic (exact) mass is 172 g/mol. The normalized spacial score (nSPS) is 10.1. The van der Waals surface area contributed by atoms with E-state index in [9.17, 15) is 4.79 Å². The van der Waals surface area contributed by atoms with Gasteiger partial charge >= 0.3 is 5.97 Å². The largest absolute Gasteiger partial charge is 0.458 e. The van der Waals surface area contributed by atoms with E-state index in [1.54, 1.807) is 19.2 Å². The number of ether oxygens (including phenoxy) is 1. The Hall–Kier alpha value is -0.970. The molecule has 0 unspecified atom stereocenters. The molecule has 1 rings (SSSR count). The number of nitrogens with zero attached hydrogens (tertiary/aromatic N) is 2. The fourth-order valence-electron chi connectivity index (χ4n) is 0.528. The Bertz CT molecular complexity index is 233. The van der Waals surface area contributed by atoms with Gasteiger partial charge in [0.2, 0.25) is 0 Å². The lowest BCUT2D eigenvalue weighted by Crippen LogP contribution is -2.11. The highest BCUT2D eigenvalue weighted by atomic mass is 32.1. The Labute approximate surface area is 68.4 Å². The molecule has 0 spiro atoms. The molecule has 5 heteroatoms. The van der Waals surface area contributed by atoms with Gasteiger partial charge < -0.3 is 4.74 Å². The SMILES string of the molecule is CC(C)OC(=O)c1csnn1. The highest BCUT2D eigenvalue weighted by Crippen LogP contribution is 2.01. The van der Waals surface area contributed by atoms with Crippen molar-refractivity contribution in [1.29, 1.82) is 0 Å². The molecule has 0 N–H and O–H groups in total. The number of hydrogen-bond donors (Lipinski definition) is 0. The summed E-state index contributed by atoms with van der Waals surface area (Å²) < 4.78 is 8.40. The Morgan fingerprint density at radius 1 is 1.73 bits per heavy atom. The van der Waals surface area contributed by atoms with Gasteiger partial charge in [-0.3, -0.25) is 0 Å². The van der Waals surface area contributed by atoms with Crippen LogP contribution in [0.2, 0.25) is 0 Å². The third-order valence-corrected chi connectivity index (χ3v) is 1.42. The predicted octanol–water partition coefficient (Wildman–Crippen LogP) is 1.10. The van der Waals surface area contributed by atoms with E-state index < -0.39 is 5.97 Å². The van der Waals surface area contributed by atoms with Crippen LogP contribution in [0.25, 0.3) is 0 Å². The van der Waals surface area contributed by atoms with Gasteiger partial charge in [-0.1, -0.05) is 4.49 Å². The van der Waals surface area contributed by atoms with E-state index in [1.807, 2.05) is 0 Å². The standard InChI is InChI=1S/C6H8N2O2S/c1-4(2)10-6(9)5-3-11-8-7-5/h3-4H,1-2H3. The van der Waals surface area contributed by atoms with Crippen LogP contribution in [-0.2, 0) is 4.74 Å². The predicted molar refractivity (Wildman–Crippen MR) is 40.5 cm³/mol.